The molecular weight excluding hydrogens is 190 g/mol. The van der Waals surface area contributed by atoms with E-state index >= 15 is 0 Å². The van der Waals surface area contributed by atoms with Crippen LogP contribution in [0.5, 0.6) is 0 Å². The van der Waals surface area contributed by atoms with Crippen molar-refractivity contribution in [3.63, 3.8) is 0 Å². The Balaban J connectivity index is 1.95. The van der Waals surface area contributed by atoms with Crippen molar-refractivity contribution in [2.75, 3.05) is 0 Å². The summed E-state index contributed by atoms with van der Waals surface area (Å²) >= 11 is 1.80. The fourth-order valence-electron chi connectivity index (χ4n) is 1.43. The zero-order valence-corrected chi connectivity index (χ0v) is 9.05. The standard InChI is InChI=1S/C12H13NS/c1-10-13-9-12(14-10)8-7-11-5-3-2-4-6-11/h2-6,9H,7-8H2,1H3. The van der Waals surface area contributed by atoms with Crippen LogP contribution in [0.25, 0.3) is 0 Å². The molecule has 72 valence electrons. The molecule has 0 aliphatic rings. The maximum absolute atomic E-state index is 4.25. The third-order valence-electron chi connectivity index (χ3n) is 2.17. The second-order valence-corrected chi connectivity index (χ2v) is 4.65. The van der Waals surface area contributed by atoms with Crippen molar-refractivity contribution >= 4 is 11.3 Å². The molecule has 0 amide bonds. The third-order valence-corrected chi connectivity index (χ3v) is 3.14. The molecule has 2 aromatic rings. The lowest BCUT2D eigenvalue weighted by molar-refractivity contribution is 0.976. The van der Waals surface area contributed by atoms with Gasteiger partial charge >= 0.3 is 0 Å². The average Bonchev–Trinajstić information content (AvgIpc) is 2.63. The van der Waals surface area contributed by atoms with Crippen molar-refractivity contribution in [3.05, 3.63) is 52.0 Å². The first-order valence-corrected chi connectivity index (χ1v) is 5.61. The van der Waals surface area contributed by atoms with Crippen LogP contribution in [0.4, 0.5) is 0 Å². The molecule has 0 spiro atoms. The molecule has 1 aromatic carbocycles. The van der Waals surface area contributed by atoms with Crippen LogP contribution in [-0.2, 0) is 12.8 Å². The molecule has 0 radical (unpaired) electrons. The number of nitrogens with zero attached hydrogens (tertiary/aromatic N) is 1. The number of aryl methyl sites for hydroxylation is 3. The van der Waals surface area contributed by atoms with E-state index in [2.05, 4.69) is 42.2 Å². The molecule has 1 nitrogen and oxygen atoms in total. The Morgan fingerprint density at radius 2 is 1.93 bits per heavy atom. The van der Waals surface area contributed by atoms with Crippen molar-refractivity contribution in [2.24, 2.45) is 0 Å². The van der Waals surface area contributed by atoms with Crippen molar-refractivity contribution in [1.29, 1.82) is 0 Å². The van der Waals surface area contributed by atoms with Gasteiger partial charge in [-0.25, -0.2) is 4.98 Å². The van der Waals surface area contributed by atoms with Gasteiger partial charge in [0.25, 0.3) is 0 Å². The Morgan fingerprint density at radius 1 is 1.14 bits per heavy atom. The smallest absolute Gasteiger partial charge is 0.0896 e. The van der Waals surface area contributed by atoms with Crippen LogP contribution in [0, 0.1) is 6.92 Å². The maximum atomic E-state index is 4.25. The first-order valence-electron chi connectivity index (χ1n) is 4.80. The number of rotatable bonds is 3. The van der Waals surface area contributed by atoms with E-state index in [0.717, 1.165) is 17.8 Å². The fraction of sp³-hybridized carbons (Fsp3) is 0.250. The van der Waals surface area contributed by atoms with Crippen LogP contribution >= 0.6 is 11.3 Å². The van der Waals surface area contributed by atoms with E-state index in [-0.39, 0.29) is 0 Å². The Labute approximate surface area is 88.4 Å². The Kier molecular flexibility index (Phi) is 2.94. The van der Waals surface area contributed by atoms with Gasteiger partial charge in [-0.3, -0.25) is 0 Å². The fourth-order valence-corrected chi connectivity index (χ4v) is 2.23. The minimum atomic E-state index is 1.11. The number of thiazole rings is 1. The second-order valence-electron chi connectivity index (χ2n) is 3.33. The second kappa shape index (κ2) is 4.38. The zero-order chi connectivity index (χ0) is 9.80. The summed E-state index contributed by atoms with van der Waals surface area (Å²) < 4.78 is 0. The van der Waals surface area contributed by atoms with Crippen LogP contribution in [0.2, 0.25) is 0 Å². The largest absolute Gasteiger partial charge is 0.250 e. The summed E-state index contributed by atoms with van der Waals surface area (Å²) in [5.74, 6) is 0. The summed E-state index contributed by atoms with van der Waals surface area (Å²) in [6.07, 6.45) is 4.21. The number of aromatic nitrogens is 1. The Bertz CT molecular complexity index is 392. The highest BCUT2D eigenvalue weighted by Gasteiger charge is 1.98. The van der Waals surface area contributed by atoms with Gasteiger partial charge in [-0.1, -0.05) is 30.3 Å². The molecule has 2 heteroatoms. The lowest BCUT2D eigenvalue weighted by atomic mass is 10.1. The molecule has 1 heterocycles. The molecule has 1 aromatic heterocycles. The van der Waals surface area contributed by atoms with Gasteiger partial charge in [-0.15, -0.1) is 11.3 Å². The van der Waals surface area contributed by atoms with Crippen LogP contribution in [0.15, 0.2) is 36.5 Å². The van der Waals surface area contributed by atoms with E-state index in [1.807, 2.05) is 6.20 Å². The van der Waals surface area contributed by atoms with Crippen LogP contribution < -0.4 is 0 Å². The van der Waals surface area contributed by atoms with Gasteiger partial charge in [0, 0.05) is 11.1 Å². The molecular formula is C12H13NS. The van der Waals surface area contributed by atoms with Crippen LogP contribution in [-0.4, -0.2) is 4.98 Å². The summed E-state index contributed by atoms with van der Waals surface area (Å²) in [5.41, 5.74) is 1.40. The molecule has 2 rings (SSSR count). The average molecular weight is 203 g/mol. The lowest BCUT2D eigenvalue weighted by Crippen LogP contribution is -1.87. The molecule has 0 saturated heterocycles. The highest BCUT2D eigenvalue weighted by atomic mass is 32.1. The van der Waals surface area contributed by atoms with E-state index in [4.69, 9.17) is 0 Å². The van der Waals surface area contributed by atoms with E-state index in [1.54, 1.807) is 11.3 Å². The van der Waals surface area contributed by atoms with Gasteiger partial charge in [0.2, 0.25) is 0 Å². The number of hydrogen-bond acceptors (Lipinski definition) is 2. The van der Waals surface area contributed by atoms with Gasteiger partial charge in [0.15, 0.2) is 0 Å². The summed E-state index contributed by atoms with van der Waals surface area (Å²) in [6, 6.07) is 10.6. The summed E-state index contributed by atoms with van der Waals surface area (Å²) in [4.78, 5) is 5.63. The highest BCUT2D eigenvalue weighted by Crippen LogP contribution is 2.14. The number of hydrogen-bond donors (Lipinski definition) is 0. The molecule has 14 heavy (non-hydrogen) atoms. The molecule has 0 aliphatic heterocycles. The van der Waals surface area contributed by atoms with Crippen molar-refractivity contribution in [2.45, 2.75) is 19.8 Å². The number of benzene rings is 1. The minimum Gasteiger partial charge on any atom is -0.250 e. The topological polar surface area (TPSA) is 12.9 Å². The Hall–Kier alpha value is -1.15. The molecule has 0 atom stereocenters. The zero-order valence-electron chi connectivity index (χ0n) is 8.23. The van der Waals surface area contributed by atoms with Gasteiger partial charge in [-0.2, -0.15) is 0 Å². The summed E-state index contributed by atoms with van der Waals surface area (Å²) in [7, 11) is 0. The molecule has 0 fully saturated rings. The monoisotopic (exact) mass is 203 g/mol. The third kappa shape index (κ3) is 2.42. The quantitative estimate of drug-likeness (QED) is 0.746. The maximum Gasteiger partial charge on any atom is 0.0896 e. The van der Waals surface area contributed by atoms with E-state index in [0.29, 0.717) is 0 Å². The van der Waals surface area contributed by atoms with E-state index < -0.39 is 0 Å². The van der Waals surface area contributed by atoms with Crippen molar-refractivity contribution in [1.82, 2.24) is 4.98 Å². The first kappa shape index (κ1) is 9.41. The van der Waals surface area contributed by atoms with Gasteiger partial charge in [0.1, 0.15) is 0 Å². The Morgan fingerprint density at radius 3 is 2.57 bits per heavy atom. The SMILES string of the molecule is Cc1ncc(CCc2ccccc2)s1. The molecule has 0 N–H and O–H groups in total. The summed E-state index contributed by atoms with van der Waals surface area (Å²) in [6.45, 7) is 2.05. The van der Waals surface area contributed by atoms with Crippen LogP contribution in [0.1, 0.15) is 15.4 Å². The predicted molar refractivity (Wildman–Crippen MR) is 60.7 cm³/mol. The normalized spacial score (nSPS) is 10.4. The highest BCUT2D eigenvalue weighted by molar-refractivity contribution is 7.11. The van der Waals surface area contributed by atoms with Crippen molar-refractivity contribution < 1.29 is 0 Å². The van der Waals surface area contributed by atoms with Crippen molar-refractivity contribution in [3.8, 4) is 0 Å². The van der Waals surface area contributed by atoms with E-state index in [1.165, 1.54) is 10.4 Å². The molecule has 0 saturated carbocycles. The minimum absolute atomic E-state index is 1.11. The van der Waals surface area contributed by atoms with Gasteiger partial charge in [-0.05, 0) is 25.3 Å². The predicted octanol–water partition coefficient (Wildman–Crippen LogP) is 3.24. The van der Waals surface area contributed by atoms with Crippen LogP contribution in [0.3, 0.4) is 0 Å². The lowest BCUT2D eigenvalue weighted by Gasteiger charge is -1.97. The molecule has 0 unspecified atom stereocenters. The molecule has 0 bridgehead atoms. The van der Waals surface area contributed by atoms with Gasteiger partial charge < -0.3 is 0 Å². The summed E-state index contributed by atoms with van der Waals surface area (Å²) in [5, 5.41) is 1.16. The molecule has 0 aliphatic carbocycles. The first-order chi connectivity index (χ1) is 6.84. The van der Waals surface area contributed by atoms with E-state index in [9.17, 15) is 0 Å². The van der Waals surface area contributed by atoms with Gasteiger partial charge in [0.05, 0.1) is 5.01 Å².